The Bertz CT molecular complexity index is 803. The molecule has 4 N–H and O–H groups in total. The number of piperidine rings is 1. The Hall–Kier alpha value is -3.09. The van der Waals surface area contributed by atoms with Gasteiger partial charge in [-0.2, -0.15) is 0 Å². The highest BCUT2D eigenvalue weighted by Gasteiger charge is 2.18. The molecule has 7 nitrogen and oxygen atoms in total. The minimum absolute atomic E-state index is 0.198. The molecular weight excluding hydrogens is 342 g/mol. The summed E-state index contributed by atoms with van der Waals surface area (Å²) in [6.45, 7) is 3.75. The summed E-state index contributed by atoms with van der Waals surface area (Å²) >= 11 is 0. The molecule has 0 spiro atoms. The van der Waals surface area contributed by atoms with Crippen molar-refractivity contribution in [3.8, 4) is 0 Å². The van der Waals surface area contributed by atoms with Crippen molar-refractivity contribution in [3.63, 3.8) is 0 Å². The van der Waals surface area contributed by atoms with Gasteiger partial charge in [0.15, 0.2) is 0 Å². The Morgan fingerprint density at radius 2 is 1.96 bits per heavy atom. The van der Waals surface area contributed by atoms with Crippen LogP contribution in [0.4, 0.5) is 16.2 Å². The lowest BCUT2D eigenvalue weighted by Gasteiger charge is -2.31. The van der Waals surface area contributed by atoms with Crippen molar-refractivity contribution >= 4 is 23.3 Å². The van der Waals surface area contributed by atoms with Crippen molar-refractivity contribution in [3.05, 3.63) is 53.9 Å². The molecule has 2 heterocycles. The number of nitrogens with zero attached hydrogens (tertiary/aromatic N) is 2. The van der Waals surface area contributed by atoms with Crippen molar-refractivity contribution in [2.24, 2.45) is 5.73 Å². The first-order valence-corrected chi connectivity index (χ1v) is 9.21. The van der Waals surface area contributed by atoms with Gasteiger partial charge < -0.3 is 21.3 Å². The summed E-state index contributed by atoms with van der Waals surface area (Å²) in [4.78, 5) is 30.4. The van der Waals surface area contributed by atoms with Crippen LogP contribution in [0.3, 0.4) is 0 Å². The maximum absolute atomic E-state index is 12.5. The van der Waals surface area contributed by atoms with E-state index in [4.69, 9.17) is 5.73 Å². The van der Waals surface area contributed by atoms with E-state index in [1.54, 1.807) is 24.5 Å². The number of aromatic nitrogens is 1. The molecule has 27 heavy (non-hydrogen) atoms. The number of nitrogens with two attached hydrogens (primary N) is 1. The highest BCUT2D eigenvalue weighted by molar-refractivity contribution is 5.99. The molecule has 0 bridgehead atoms. The number of amides is 3. The fraction of sp³-hybridized carbons (Fsp3) is 0.350. The molecular formula is C20H25N5O2. The monoisotopic (exact) mass is 367 g/mol. The first-order chi connectivity index (χ1) is 13.0. The number of rotatable bonds is 5. The summed E-state index contributed by atoms with van der Waals surface area (Å²) in [5.74, 6) is -0.521. The topological polar surface area (TPSA) is 100 Å². The Labute approximate surface area is 159 Å². The Balaban J connectivity index is 1.77. The largest absolute Gasteiger partial charge is 0.370 e. The van der Waals surface area contributed by atoms with Gasteiger partial charge in [-0.3, -0.25) is 9.78 Å². The number of hydrogen-bond acceptors (Lipinski definition) is 4. The zero-order chi connectivity index (χ0) is 19.2. The molecule has 1 unspecified atom stereocenters. The molecule has 1 aromatic heterocycles. The quantitative estimate of drug-likeness (QED) is 0.756. The number of urea groups is 1. The number of primary amides is 1. The van der Waals surface area contributed by atoms with E-state index in [1.807, 2.05) is 25.1 Å². The minimum Gasteiger partial charge on any atom is -0.370 e. The fourth-order valence-electron chi connectivity index (χ4n) is 3.27. The lowest BCUT2D eigenvalue weighted by Crippen LogP contribution is -2.34. The summed E-state index contributed by atoms with van der Waals surface area (Å²) in [7, 11) is 0. The summed E-state index contributed by atoms with van der Waals surface area (Å²) in [6.07, 6.45) is 6.85. The van der Waals surface area contributed by atoms with Gasteiger partial charge in [-0.25, -0.2) is 4.79 Å². The van der Waals surface area contributed by atoms with Crippen LogP contribution in [0.15, 0.2) is 42.7 Å². The predicted octanol–water partition coefficient (Wildman–Crippen LogP) is 3.05. The number of benzene rings is 1. The summed E-state index contributed by atoms with van der Waals surface area (Å²) in [5, 5.41) is 5.78. The highest BCUT2D eigenvalue weighted by Crippen LogP contribution is 2.29. The van der Waals surface area contributed by atoms with E-state index in [-0.39, 0.29) is 12.1 Å². The van der Waals surface area contributed by atoms with Crippen LogP contribution in [-0.4, -0.2) is 30.0 Å². The minimum atomic E-state index is -0.521. The molecule has 1 aliphatic rings. The van der Waals surface area contributed by atoms with Crippen molar-refractivity contribution < 1.29 is 9.59 Å². The van der Waals surface area contributed by atoms with Gasteiger partial charge in [-0.1, -0.05) is 6.07 Å². The molecule has 0 aliphatic carbocycles. The van der Waals surface area contributed by atoms with Crippen molar-refractivity contribution in [2.75, 3.05) is 23.3 Å². The molecule has 0 saturated carbocycles. The fourth-order valence-corrected chi connectivity index (χ4v) is 3.27. The number of pyridine rings is 1. The van der Waals surface area contributed by atoms with Gasteiger partial charge in [-0.15, -0.1) is 0 Å². The van der Waals surface area contributed by atoms with E-state index in [0.29, 0.717) is 11.3 Å². The molecule has 1 aliphatic heterocycles. The Kier molecular flexibility index (Phi) is 5.90. The third kappa shape index (κ3) is 4.75. The molecule has 3 amide bonds. The lowest BCUT2D eigenvalue weighted by atomic mass is 10.1. The van der Waals surface area contributed by atoms with Crippen LogP contribution in [0, 0.1) is 0 Å². The highest BCUT2D eigenvalue weighted by atomic mass is 16.2. The standard InChI is InChI=1S/C20H25N5O2/c1-14(16-6-5-9-22-13-16)23-20(27)24-17-12-15(19(21)26)7-8-18(17)25-10-3-2-4-11-25/h5-9,12-14H,2-4,10-11H2,1H3,(H2,21,26)(H2,23,24,27). The average Bonchev–Trinajstić information content (AvgIpc) is 2.69. The van der Waals surface area contributed by atoms with E-state index in [2.05, 4.69) is 20.5 Å². The molecule has 7 heteroatoms. The average molecular weight is 367 g/mol. The molecule has 3 rings (SSSR count). The second-order valence-electron chi connectivity index (χ2n) is 6.75. The number of carbonyl (C=O) groups is 2. The van der Waals surface area contributed by atoms with Crippen LogP contribution in [0.25, 0.3) is 0 Å². The van der Waals surface area contributed by atoms with E-state index in [9.17, 15) is 9.59 Å². The number of carbonyl (C=O) groups excluding carboxylic acids is 2. The van der Waals surface area contributed by atoms with Gasteiger partial charge in [0, 0.05) is 31.0 Å². The van der Waals surface area contributed by atoms with Crippen LogP contribution >= 0.6 is 0 Å². The van der Waals surface area contributed by atoms with Crippen LogP contribution in [0.1, 0.15) is 48.1 Å². The van der Waals surface area contributed by atoms with Crippen LogP contribution < -0.4 is 21.3 Å². The third-order valence-corrected chi connectivity index (χ3v) is 4.76. The predicted molar refractivity (Wildman–Crippen MR) is 106 cm³/mol. The van der Waals surface area contributed by atoms with Crippen LogP contribution in [0.5, 0.6) is 0 Å². The zero-order valence-electron chi connectivity index (χ0n) is 15.4. The summed E-state index contributed by atoms with van der Waals surface area (Å²) in [6, 6.07) is 8.39. The molecule has 1 aromatic carbocycles. The molecule has 0 radical (unpaired) electrons. The summed E-state index contributed by atoms with van der Waals surface area (Å²) in [5.41, 5.74) is 8.18. The van der Waals surface area contributed by atoms with E-state index in [0.717, 1.165) is 37.2 Å². The lowest BCUT2D eigenvalue weighted by molar-refractivity contribution is 0.100. The van der Waals surface area contributed by atoms with Gasteiger partial charge in [0.1, 0.15) is 0 Å². The smallest absolute Gasteiger partial charge is 0.319 e. The molecule has 142 valence electrons. The molecule has 2 aromatic rings. The van der Waals surface area contributed by atoms with Gasteiger partial charge in [0.05, 0.1) is 17.4 Å². The van der Waals surface area contributed by atoms with E-state index < -0.39 is 5.91 Å². The van der Waals surface area contributed by atoms with Gasteiger partial charge >= 0.3 is 6.03 Å². The van der Waals surface area contributed by atoms with Crippen molar-refractivity contribution in [1.29, 1.82) is 0 Å². The van der Waals surface area contributed by atoms with Crippen molar-refractivity contribution in [2.45, 2.75) is 32.2 Å². The van der Waals surface area contributed by atoms with Crippen LogP contribution in [-0.2, 0) is 0 Å². The normalized spacial score (nSPS) is 15.1. The van der Waals surface area contributed by atoms with E-state index >= 15 is 0 Å². The number of nitrogens with one attached hydrogen (secondary N) is 2. The number of anilines is 2. The van der Waals surface area contributed by atoms with Crippen LogP contribution in [0.2, 0.25) is 0 Å². The van der Waals surface area contributed by atoms with Crippen molar-refractivity contribution in [1.82, 2.24) is 10.3 Å². The van der Waals surface area contributed by atoms with E-state index in [1.165, 1.54) is 6.42 Å². The first-order valence-electron chi connectivity index (χ1n) is 9.21. The number of hydrogen-bond donors (Lipinski definition) is 3. The molecule has 1 atom stereocenters. The SMILES string of the molecule is CC(NC(=O)Nc1cc(C(N)=O)ccc1N1CCCCC1)c1cccnc1. The first kappa shape index (κ1) is 18.7. The van der Waals surface area contributed by atoms with Gasteiger partial charge in [0.2, 0.25) is 5.91 Å². The molecule has 1 saturated heterocycles. The Morgan fingerprint density at radius 3 is 2.63 bits per heavy atom. The maximum Gasteiger partial charge on any atom is 0.319 e. The summed E-state index contributed by atoms with van der Waals surface area (Å²) < 4.78 is 0. The second-order valence-corrected chi connectivity index (χ2v) is 6.75. The molecule has 1 fully saturated rings. The van der Waals surface area contributed by atoms with Gasteiger partial charge in [0.25, 0.3) is 0 Å². The second kappa shape index (κ2) is 8.53. The zero-order valence-corrected chi connectivity index (χ0v) is 15.4. The van der Waals surface area contributed by atoms with Gasteiger partial charge in [-0.05, 0) is 56.0 Å². The maximum atomic E-state index is 12.5. The third-order valence-electron chi connectivity index (χ3n) is 4.76. The Morgan fingerprint density at radius 1 is 1.19 bits per heavy atom.